The van der Waals surface area contributed by atoms with Crippen LogP contribution in [0.4, 0.5) is 15.8 Å². The summed E-state index contributed by atoms with van der Waals surface area (Å²) in [5.41, 5.74) is 0.915. The normalized spacial score (nSPS) is 14.7. The summed E-state index contributed by atoms with van der Waals surface area (Å²) in [7, 11) is 0. The van der Waals surface area contributed by atoms with Crippen molar-refractivity contribution in [2.75, 3.05) is 44.2 Å². The average molecular weight is 407 g/mol. The van der Waals surface area contributed by atoms with Crippen LogP contribution >= 0.6 is 11.6 Å². The van der Waals surface area contributed by atoms with E-state index in [1.807, 2.05) is 0 Å². The monoisotopic (exact) mass is 406 g/mol. The molecule has 0 spiro atoms. The number of rotatable bonds is 6. The van der Waals surface area contributed by atoms with Gasteiger partial charge >= 0.3 is 0 Å². The summed E-state index contributed by atoms with van der Waals surface area (Å²) >= 11 is 5.98. The maximum atomic E-state index is 13.0. The predicted molar refractivity (Wildman–Crippen MR) is 105 cm³/mol. The number of piperazine rings is 1. The fourth-order valence-electron chi connectivity index (χ4n) is 3.11. The second-order valence-electron chi connectivity index (χ2n) is 6.48. The summed E-state index contributed by atoms with van der Waals surface area (Å²) in [6.45, 7) is 4.35. The van der Waals surface area contributed by atoms with Gasteiger partial charge in [-0.25, -0.2) is 4.39 Å². The Hall–Kier alpha value is -2.71. The molecular weight excluding hydrogens is 387 g/mol. The van der Waals surface area contributed by atoms with Gasteiger partial charge in [0.05, 0.1) is 15.5 Å². The summed E-state index contributed by atoms with van der Waals surface area (Å²) in [4.78, 5) is 27.0. The lowest BCUT2D eigenvalue weighted by molar-refractivity contribution is -0.384. The lowest BCUT2D eigenvalue weighted by Gasteiger charge is -2.36. The Balaban J connectivity index is 1.46. The first-order valence-electron chi connectivity index (χ1n) is 8.89. The Morgan fingerprint density at radius 3 is 2.46 bits per heavy atom. The number of hydrogen-bond acceptors (Lipinski definition) is 5. The van der Waals surface area contributed by atoms with Gasteiger partial charge in [0.25, 0.3) is 11.6 Å². The van der Waals surface area contributed by atoms with Gasteiger partial charge in [0.2, 0.25) is 0 Å². The smallest absolute Gasteiger partial charge is 0.270 e. The van der Waals surface area contributed by atoms with Crippen molar-refractivity contribution in [1.29, 1.82) is 0 Å². The Kier molecular flexibility index (Phi) is 6.43. The van der Waals surface area contributed by atoms with E-state index in [1.54, 1.807) is 12.1 Å². The number of anilines is 1. The van der Waals surface area contributed by atoms with Crippen molar-refractivity contribution in [3.8, 4) is 0 Å². The molecule has 2 aromatic carbocycles. The molecule has 0 bridgehead atoms. The molecule has 1 N–H and O–H groups in total. The van der Waals surface area contributed by atoms with Gasteiger partial charge in [-0.05, 0) is 30.3 Å². The van der Waals surface area contributed by atoms with Gasteiger partial charge < -0.3 is 10.2 Å². The number of non-ortho nitro benzene ring substituents is 1. The highest BCUT2D eigenvalue weighted by Crippen LogP contribution is 2.22. The van der Waals surface area contributed by atoms with Crippen molar-refractivity contribution < 1.29 is 14.1 Å². The van der Waals surface area contributed by atoms with Crippen molar-refractivity contribution in [1.82, 2.24) is 10.2 Å². The number of nitro benzene ring substituents is 1. The molecule has 9 heteroatoms. The van der Waals surface area contributed by atoms with Crippen molar-refractivity contribution >= 4 is 28.9 Å². The van der Waals surface area contributed by atoms with E-state index in [0.717, 1.165) is 31.9 Å². The molecule has 1 amide bonds. The Morgan fingerprint density at radius 1 is 1.14 bits per heavy atom. The molecule has 0 aromatic heterocycles. The molecule has 0 atom stereocenters. The van der Waals surface area contributed by atoms with Crippen LogP contribution in [0.1, 0.15) is 10.4 Å². The molecule has 1 saturated heterocycles. The molecule has 1 fully saturated rings. The summed E-state index contributed by atoms with van der Waals surface area (Å²) in [5, 5.41) is 13.8. The SMILES string of the molecule is O=C(NCCN1CCN(c2ccc(F)cc2)CC1)c1cc([N+](=O)[O-])ccc1Cl. The minimum absolute atomic E-state index is 0.0944. The number of nitrogens with one attached hydrogen (secondary N) is 1. The second kappa shape index (κ2) is 8.99. The molecule has 28 heavy (non-hydrogen) atoms. The van der Waals surface area contributed by atoms with E-state index in [9.17, 15) is 19.3 Å². The average Bonchev–Trinajstić information content (AvgIpc) is 2.69. The van der Waals surface area contributed by atoms with Crippen LogP contribution in [0.2, 0.25) is 5.02 Å². The van der Waals surface area contributed by atoms with Crippen molar-refractivity contribution in [2.45, 2.75) is 0 Å². The van der Waals surface area contributed by atoms with Crippen LogP contribution in [0.3, 0.4) is 0 Å². The van der Waals surface area contributed by atoms with Crippen LogP contribution in [0.15, 0.2) is 42.5 Å². The van der Waals surface area contributed by atoms with Crippen molar-refractivity contribution in [3.05, 3.63) is 69.0 Å². The molecule has 3 rings (SSSR count). The minimum Gasteiger partial charge on any atom is -0.369 e. The summed E-state index contributed by atoms with van der Waals surface area (Å²) in [5.74, 6) is -0.680. The van der Waals surface area contributed by atoms with Gasteiger partial charge in [0.15, 0.2) is 0 Å². The first kappa shape index (κ1) is 20.0. The van der Waals surface area contributed by atoms with E-state index in [1.165, 1.54) is 30.3 Å². The zero-order chi connectivity index (χ0) is 20.1. The minimum atomic E-state index is -0.562. The number of benzene rings is 2. The lowest BCUT2D eigenvalue weighted by Crippen LogP contribution is -2.48. The van der Waals surface area contributed by atoms with Crippen LogP contribution in [0.25, 0.3) is 0 Å². The number of amides is 1. The fourth-order valence-corrected chi connectivity index (χ4v) is 3.31. The quantitative estimate of drug-likeness (QED) is 0.589. The van der Waals surface area contributed by atoms with Gasteiger partial charge in [0.1, 0.15) is 5.82 Å². The standard InChI is InChI=1S/C19H20ClFN4O3/c20-18-6-5-16(25(27)28)13-17(18)19(26)22-7-8-23-9-11-24(12-10-23)15-3-1-14(21)2-4-15/h1-6,13H,7-12H2,(H,22,26). The maximum absolute atomic E-state index is 13.0. The molecule has 0 unspecified atom stereocenters. The third-order valence-corrected chi connectivity index (χ3v) is 5.01. The van der Waals surface area contributed by atoms with Gasteiger partial charge in [-0.1, -0.05) is 11.6 Å². The zero-order valence-electron chi connectivity index (χ0n) is 15.1. The van der Waals surface area contributed by atoms with Crippen LogP contribution < -0.4 is 10.2 Å². The molecule has 1 aliphatic rings. The third-order valence-electron chi connectivity index (χ3n) is 4.68. The molecule has 7 nitrogen and oxygen atoms in total. The first-order chi connectivity index (χ1) is 13.4. The highest BCUT2D eigenvalue weighted by molar-refractivity contribution is 6.33. The number of carbonyl (C=O) groups excluding carboxylic acids is 1. The molecule has 0 radical (unpaired) electrons. The number of carbonyl (C=O) groups is 1. The van der Waals surface area contributed by atoms with Crippen molar-refractivity contribution in [3.63, 3.8) is 0 Å². The summed E-state index contributed by atoms with van der Waals surface area (Å²) in [6.07, 6.45) is 0. The maximum Gasteiger partial charge on any atom is 0.270 e. The van der Waals surface area contributed by atoms with Crippen LogP contribution in [0.5, 0.6) is 0 Å². The molecule has 0 saturated carbocycles. The summed E-state index contributed by atoms with van der Waals surface area (Å²) in [6, 6.07) is 10.2. The van der Waals surface area contributed by atoms with Crippen LogP contribution in [0, 0.1) is 15.9 Å². The molecule has 0 aliphatic carbocycles. The van der Waals surface area contributed by atoms with Gasteiger partial charge in [-0.3, -0.25) is 19.8 Å². The zero-order valence-corrected chi connectivity index (χ0v) is 15.9. The van der Waals surface area contributed by atoms with Crippen LogP contribution in [-0.2, 0) is 0 Å². The van der Waals surface area contributed by atoms with E-state index in [4.69, 9.17) is 11.6 Å². The Morgan fingerprint density at radius 2 is 1.82 bits per heavy atom. The second-order valence-corrected chi connectivity index (χ2v) is 6.89. The fraction of sp³-hybridized carbons (Fsp3) is 0.316. The lowest BCUT2D eigenvalue weighted by atomic mass is 10.2. The third kappa shape index (κ3) is 4.96. The molecule has 1 aliphatic heterocycles. The van der Waals surface area contributed by atoms with E-state index in [0.29, 0.717) is 13.1 Å². The van der Waals surface area contributed by atoms with Gasteiger partial charge in [-0.2, -0.15) is 0 Å². The largest absolute Gasteiger partial charge is 0.369 e. The first-order valence-corrected chi connectivity index (χ1v) is 9.27. The number of nitro groups is 1. The van der Waals surface area contributed by atoms with E-state index >= 15 is 0 Å². The summed E-state index contributed by atoms with van der Waals surface area (Å²) < 4.78 is 13.0. The van der Waals surface area contributed by atoms with Crippen molar-refractivity contribution in [2.24, 2.45) is 0 Å². The predicted octanol–water partition coefficient (Wildman–Crippen LogP) is 2.94. The van der Waals surface area contributed by atoms with E-state index in [-0.39, 0.29) is 22.1 Å². The molecule has 2 aromatic rings. The highest BCUT2D eigenvalue weighted by atomic mass is 35.5. The Bertz CT molecular complexity index is 855. The van der Waals surface area contributed by atoms with E-state index < -0.39 is 10.8 Å². The van der Waals surface area contributed by atoms with E-state index in [2.05, 4.69) is 15.1 Å². The topological polar surface area (TPSA) is 78.7 Å². The Labute approximate surface area is 166 Å². The number of hydrogen-bond donors (Lipinski definition) is 1. The molecule has 1 heterocycles. The molecular formula is C19H20ClFN4O3. The van der Waals surface area contributed by atoms with Gasteiger partial charge in [-0.15, -0.1) is 0 Å². The van der Waals surface area contributed by atoms with Gasteiger partial charge in [0, 0.05) is 57.1 Å². The number of halogens is 2. The molecule has 148 valence electrons. The highest BCUT2D eigenvalue weighted by Gasteiger charge is 2.18. The number of nitrogens with zero attached hydrogens (tertiary/aromatic N) is 3. The van der Waals surface area contributed by atoms with Crippen LogP contribution in [-0.4, -0.2) is 55.0 Å².